The maximum atomic E-state index is 12.5. The largest absolute Gasteiger partial charge is 0.465 e. The Labute approximate surface area is 139 Å². The van der Waals surface area contributed by atoms with Crippen molar-refractivity contribution >= 4 is 17.8 Å². The van der Waals surface area contributed by atoms with Crippen LogP contribution in [0.2, 0.25) is 0 Å². The van der Waals surface area contributed by atoms with Gasteiger partial charge in [-0.25, -0.2) is 4.79 Å². The Morgan fingerprint density at radius 2 is 1.46 bits per heavy atom. The number of esters is 1. The maximum Gasteiger partial charge on any atom is 0.337 e. The lowest BCUT2D eigenvalue weighted by atomic mass is 10.1. The first-order chi connectivity index (χ1) is 11.4. The quantitative estimate of drug-likeness (QED) is 0.804. The Balaban J connectivity index is 1.59. The van der Waals surface area contributed by atoms with Gasteiger partial charge in [-0.1, -0.05) is 0 Å². The summed E-state index contributed by atoms with van der Waals surface area (Å²) >= 11 is 0. The number of hydrogen-bond acceptors (Lipinski definition) is 5. The van der Waals surface area contributed by atoms with Gasteiger partial charge in [0.1, 0.15) is 5.60 Å². The lowest BCUT2D eigenvalue weighted by molar-refractivity contribution is -0.143. The molecule has 1 aromatic rings. The van der Waals surface area contributed by atoms with Crippen molar-refractivity contribution in [2.24, 2.45) is 0 Å². The van der Waals surface area contributed by atoms with Crippen molar-refractivity contribution in [3.05, 3.63) is 35.4 Å². The number of benzene rings is 1. The highest BCUT2D eigenvalue weighted by atomic mass is 16.5. The highest BCUT2D eigenvalue weighted by Crippen LogP contribution is 2.37. The van der Waals surface area contributed by atoms with Crippen LogP contribution in [0.25, 0.3) is 0 Å². The van der Waals surface area contributed by atoms with Crippen molar-refractivity contribution in [1.82, 2.24) is 9.80 Å². The molecule has 24 heavy (non-hydrogen) atoms. The molecule has 1 aliphatic carbocycles. The Morgan fingerprint density at radius 3 is 1.96 bits per heavy atom. The Kier molecular flexibility index (Phi) is 4.28. The molecule has 0 atom stereocenters. The molecule has 0 unspecified atom stereocenters. The van der Waals surface area contributed by atoms with E-state index in [0.29, 0.717) is 50.1 Å². The van der Waals surface area contributed by atoms with Gasteiger partial charge in [0.05, 0.1) is 12.7 Å². The first-order valence-corrected chi connectivity index (χ1v) is 7.94. The predicted octanol–water partition coefficient (Wildman–Crippen LogP) is 0.282. The Hall–Kier alpha value is -2.41. The van der Waals surface area contributed by atoms with Crippen molar-refractivity contribution in [2.45, 2.75) is 18.4 Å². The third-order valence-electron chi connectivity index (χ3n) is 4.53. The van der Waals surface area contributed by atoms with Crippen LogP contribution in [0.1, 0.15) is 33.6 Å². The summed E-state index contributed by atoms with van der Waals surface area (Å²) < 4.78 is 4.63. The zero-order chi connectivity index (χ0) is 17.3. The molecule has 2 amide bonds. The van der Waals surface area contributed by atoms with E-state index >= 15 is 0 Å². The number of amides is 2. The molecule has 1 aliphatic heterocycles. The van der Waals surface area contributed by atoms with E-state index in [-0.39, 0.29) is 11.8 Å². The average Bonchev–Trinajstić information content (AvgIpc) is 3.39. The van der Waals surface area contributed by atoms with E-state index in [0.717, 1.165) is 0 Å². The summed E-state index contributed by atoms with van der Waals surface area (Å²) in [5, 5.41) is 9.88. The zero-order valence-corrected chi connectivity index (χ0v) is 13.5. The van der Waals surface area contributed by atoms with Crippen LogP contribution in [0.3, 0.4) is 0 Å². The molecule has 0 radical (unpaired) electrons. The highest BCUT2D eigenvalue weighted by molar-refractivity contribution is 5.96. The van der Waals surface area contributed by atoms with Crippen LogP contribution < -0.4 is 0 Å². The normalized spacial score (nSPS) is 18.9. The van der Waals surface area contributed by atoms with E-state index < -0.39 is 11.6 Å². The number of ether oxygens (including phenoxy) is 1. The number of carbonyl (C=O) groups excluding carboxylic acids is 3. The highest BCUT2D eigenvalue weighted by Gasteiger charge is 2.50. The second kappa shape index (κ2) is 6.24. The molecule has 1 N–H and O–H groups in total. The molecule has 7 nitrogen and oxygen atoms in total. The molecule has 1 saturated heterocycles. The van der Waals surface area contributed by atoms with Gasteiger partial charge in [0.15, 0.2) is 0 Å². The number of carbonyl (C=O) groups is 3. The Bertz CT molecular complexity index is 658. The zero-order valence-electron chi connectivity index (χ0n) is 13.5. The molecule has 3 rings (SSSR count). The first-order valence-electron chi connectivity index (χ1n) is 7.94. The van der Waals surface area contributed by atoms with Gasteiger partial charge in [0.2, 0.25) is 0 Å². The number of aliphatic hydroxyl groups is 1. The van der Waals surface area contributed by atoms with Crippen LogP contribution in [0.5, 0.6) is 0 Å². The van der Waals surface area contributed by atoms with Crippen molar-refractivity contribution in [2.75, 3.05) is 33.3 Å². The number of rotatable bonds is 3. The summed E-state index contributed by atoms with van der Waals surface area (Å²) in [5.41, 5.74) is -0.277. The van der Waals surface area contributed by atoms with Gasteiger partial charge in [0, 0.05) is 31.7 Å². The molecule has 1 saturated carbocycles. The lowest BCUT2D eigenvalue weighted by Gasteiger charge is -2.35. The minimum Gasteiger partial charge on any atom is -0.465 e. The first kappa shape index (κ1) is 16.4. The number of methoxy groups -OCH3 is 1. The number of nitrogens with zero attached hydrogens (tertiary/aromatic N) is 2. The summed E-state index contributed by atoms with van der Waals surface area (Å²) in [6.45, 7) is 1.71. The minimum atomic E-state index is -1.16. The van der Waals surface area contributed by atoms with E-state index in [1.807, 2.05) is 0 Å². The van der Waals surface area contributed by atoms with Crippen LogP contribution >= 0.6 is 0 Å². The van der Waals surface area contributed by atoms with Crippen LogP contribution in [0.15, 0.2) is 24.3 Å². The summed E-state index contributed by atoms with van der Waals surface area (Å²) in [4.78, 5) is 39.3. The van der Waals surface area contributed by atoms with Gasteiger partial charge < -0.3 is 19.6 Å². The molecule has 2 aliphatic rings. The number of piperazine rings is 1. The fraction of sp³-hybridized carbons (Fsp3) is 0.471. The monoisotopic (exact) mass is 332 g/mol. The van der Waals surface area contributed by atoms with Crippen molar-refractivity contribution < 1.29 is 24.2 Å². The summed E-state index contributed by atoms with van der Waals surface area (Å²) in [7, 11) is 1.31. The van der Waals surface area contributed by atoms with Gasteiger partial charge in [-0.3, -0.25) is 9.59 Å². The topological polar surface area (TPSA) is 87.2 Å². The smallest absolute Gasteiger partial charge is 0.337 e. The van der Waals surface area contributed by atoms with Gasteiger partial charge in [-0.2, -0.15) is 0 Å². The summed E-state index contributed by atoms with van der Waals surface area (Å²) in [6.07, 6.45) is 1.05. The third kappa shape index (κ3) is 3.12. The molecule has 2 fully saturated rings. The molecule has 7 heteroatoms. The van der Waals surface area contributed by atoms with Gasteiger partial charge in [-0.05, 0) is 37.1 Å². The predicted molar refractivity (Wildman–Crippen MR) is 84.4 cm³/mol. The van der Waals surface area contributed by atoms with Crippen LogP contribution in [-0.2, 0) is 9.53 Å². The molecule has 0 aromatic heterocycles. The molecule has 0 bridgehead atoms. The van der Waals surface area contributed by atoms with Crippen molar-refractivity contribution in [1.29, 1.82) is 0 Å². The van der Waals surface area contributed by atoms with Crippen molar-refractivity contribution in [3.63, 3.8) is 0 Å². The van der Waals surface area contributed by atoms with E-state index in [2.05, 4.69) is 4.74 Å². The van der Waals surface area contributed by atoms with E-state index in [1.165, 1.54) is 7.11 Å². The van der Waals surface area contributed by atoms with E-state index in [4.69, 9.17) is 0 Å². The van der Waals surface area contributed by atoms with Gasteiger partial charge >= 0.3 is 5.97 Å². The van der Waals surface area contributed by atoms with Gasteiger partial charge in [-0.15, -0.1) is 0 Å². The molecule has 0 spiro atoms. The van der Waals surface area contributed by atoms with E-state index in [9.17, 15) is 19.5 Å². The second-order valence-corrected chi connectivity index (χ2v) is 6.18. The lowest BCUT2D eigenvalue weighted by Crippen LogP contribution is -2.53. The van der Waals surface area contributed by atoms with Crippen LogP contribution in [0.4, 0.5) is 0 Å². The SMILES string of the molecule is COC(=O)c1ccc(C(=O)N2CCN(C(=O)C3(O)CC3)CC2)cc1. The van der Waals surface area contributed by atoms with Crippen LogP contribution in [0, 0.1) is 0 Å². The molecular formula is C17H20N2O5. The average molecular weight is 332 g/mol. The summed E-state index contributed by atoms with van der Waals surface area (Å²) in [6, 6.07) is 6.31. The van der Waals surface area contributed by atoms with Crippen LogP contribution in [-0.4, -0.2) is 71.6 Å². The molecule has 1 heterocycles. The fourth-order valence-corrected chi connectivity index (χ4v) is 2.79. The maximum absolute atomic E-state index is 12.5. The number of hydrogen-bond donors (Lipinski definition) is 1. The second-order valence-electron chi connectivity index (χ2n) is 6.18. The fourth-order valence-electron chi connectivity index (χ4n) is 2.79. The molecular weight excluding hydrogens is 312 g/mol. The third-order valence-corrected chi connectivity index (χ3v) is 4.53. The minimum absolute atomic E-state index is 0.136. The molecule has 128 valence electrons. The van der Waals surface area contributed by atoms with Crippen molar-refractivity contribution in [3.8, 4) is 0 Å². The van der Waals surface area contributed by atoms with E-state index in [1.54, 1.807) is 34.1 Å². The van der Waals surface area contributed by atoms with Gasteiger partial charge in [0.25, 0.3) is 11.8 Å². The Morgan fingerprint density at radius 1 is 0.958 bits per heavy atom. The molecule has 1 aromatic carbocycles. The standard InChI is InChI=1S/C17H20N2O5/c1-24-15(21)13-4-2-12(3-5-13)14(20)18-8-10-19(11-9-18)16(22)17(23)6-7-17/h2-5,23H,6-11H2,1H3. The summed E-state index contributed by atoms with van der Waals surface area (Å²) in [5.74, 6) is -0.806.